The topological polar surface area (TPSA) is 37.8 Å². The number of halogens is 2. The van der Waals surface area contributed by atoms with Crippen LogP contribution in [0.25, 0.3) is 0 Å². The van der Waals surface area contributed by atoms with Crippen LogP contribution in [-0.2, 0) is 6.42 Å². The summed E-state index contributed by atoms with van der Waals surface area (Å²) in [5.41, 5.74) is 1.93. The van der Waals surface area contributed by atoms with E-state index in [4.69, 9.17) is 23.2 Å². The number of rotatable bonds is 4. The monoisotopic (exact) mass is 287 g/mol. The Morgan fingerprint density at radius 1 is 1.41 bits per heavy atom. The molecule has 6 heteroatoms. The molecule has 2 rings (SSSR count). The van der Waals surface area contributed by atoms with Crippen molar-refractivity contribution in [2.24, 2.45) is 0 Å². The molecule has 17 heavy (non-hydrogen) atoms. The first kappa shape index (κ1) is 12.8. The first-order valence-corrected chi connectivity index (χ1v) is 6.68. The minimum atomic E-state index is 0.102. The molecular weight excluding hydrogens is 277 g/mol. The van der Waals surface area contributed by atoms with E-state index in [0.717, 1.165) is 22.7 Å². The molecule has 0 amide bonds. The second kappa shape index (κ2) is 5.78. The third-order valence-corrected chi connectivity index (χ3v) is 3.64. The van der Waals surface area contributed by atoms with Gasteiger partial charge in [0.2, 0.25) is 0 Å². The molecule has 1 heterocycles. The molecule has 1 aromatic carbocycles. The van der Waals surface area contributed by atoms with Crippen LogP contribution >= 0.6 is 34.7 Å². The van der Waals surface area contributed by atoms with Gasteiger partial charge in [-0.25, -0.2) is 0 Å². The Hall–Kier alpha value is -0.680. The average molecular weight is 288 g/mol. The number of aromatic nitrogens is 2. The van der Waals surface area contributed by atoms with Crippen LogP contribution in [0, 0.1) is 0 Å². The third-order valence-electron chi connectivity index (χ3n) is 2.51. The molecule has 0 radical (unpaired) electrons. The molecule has 2 aromatic rings. The van der Waals surface area contributed by atoms with Gasteiger partial charge in [-0.15, -0.1) is 5.10 Å². The Labute approximate surface area is 114 Å². The molecule has 0 saturated carbocycles. The quantitative estimate of drug-likeness (QED) is 0.937. The van der Waals surface area contributed by atoms with Gasteiger partial charge in [-0.1, -0.05) is 27.7 Å². The van der Waals surface area contributed by atoms with Crippen molar-refractivity contribution in [3.8, 4) is 0 Å². The molecule has 1 aromatic heterocycles. The van der Waals surface area contributed by atoms with Crippen molar-refractivity contribution in [3.63, 3.8) is 0 Å². The van der Waals surface area contributed by atoms with E-state index in [1.54, 1.807) is 6.07 Å². The molecule has 0 bridgehead atoms. The van der Waals surface area contributed by atoms with Crippen molar-refractivity contribution in [2.75, 3.05) is 7.05 Å². The lowest BCUT2D eigenvalue weighted by Gasteiger charge is -2.14. The zero-order chi connectivity index (χ0) is 12.3. The Morgan fingerprint density at radius 3 is 2.88 bits per heavy atom. The normalized spacial score (nSPS) is 12.6. The Bertz CT molecular complexity index is 487. The van der Waals surface area contributed by atoms with E-state index in [1.807, 2.05) is 24.6 Å². The molecule has 3 nitrogen and oxygen atoms in total. The van der Waals surface area contributed by atoms with Gasteiger partial charge in [0.15, 0.2) is 0 Å². The van der Waals surface area contributed by atoms with E-state index >= 15 is 0 Å². The van der Waals surface area contributed by atoms with Crippen LogP contribution in [-0.4, -0.2) is 16.6 Å². The number of nitrogens with zero attached hydrogens (tertiary/aromatic N) is 2. The molecule has 1 N–H and O–H groups in total. The minimum Gasteiger partial charge on any atom is -0.311 e. The molecule has 0 aliphatic carbocycles. The first-order chi connectivity index (χ1) is 8.20. The lowest BCUT2D eigenvalue weighted by atomic mass is 10.0. The van der Waals surface area contributed by atoms with Gasteiger partial charge in [0.25, 0.3) is 0 Å². The predicted molar refractivity (Wildman–Crippen MR) is 71.9 cm³/mol. The lowest BCUT2D eigenvalue weighted by molar-refractivity contribution is 0.574. The SMILES string of the molecule is CNC(Cc1cc(Cl)ccc1Cl)c1csnn1. The van der Waals surface area contributed by atoms with E-state index in [9.17, 15) is 0 Å². The van der Waals surface area contributed by atoms with Crippen LogP contribution in [0.2, 0.25) is 10.0 Å². The fourth-order valence-electron chi connectivity index (χ4n) is 1.60. The molecule has 1 atom stereocenters. The van der Waals surface area contributed by atoms with Gasteiger partial charge in [0.05, 0.1) is 11.7 Å². The summed E-state index contributed by atoms with van der Waals surface area (Å²) in [4.78, 5) is 0. The summed E-state index contributed by atoms with van der Waals surface area (Å²) < 4.78 is 3.87. The second-order valence-electron chi connectivity index (χ2n) is 3.61. The average Bonchev–Trinajstić information content (AvgIpc) is 2.84. The molecule has 0 fully saturated rings. The summed E-state index contributed by atoms with van der Waals surface area (Å²) in [6, 6.07) is 5.58. The largest absolute Gasteiger partial charge is 0.311 e. The predicted octanol–water partition coefficient (Wildman–Crippen LogP) is 3.35. The van der Waals surface area contributed by atoms with Crippen molar-refractivity contribution < 1.29 is 0 Å². The molecule has 0 aliphatic rings. The summed E-state index contributed by atoms with van der Waals surface area (Å²) in [6.45, 7) is 0. The van der Waals surface area contributed by atoms with Crippen molar-refractivity contribution in [3.05, 3.63) is 44.9 Å². The smallest absolute Gasteiger partial charge is 0.0928 e. The Kier molecular flexibility index (Phi) is 4.34. The van der Waals surface area contributed by atoms with Crippen LogP contribution < -0.4 is 5.32 Å². The van der Waals surface area contributed by atoms with Gasteiger partial charge in [-0.05, 0) is 48.8 Å². The third kappa shape index (κ3) is 3.16. The number of likely N-dealkylation sites (N-methyl/N-ethyl adjacent to an activating group) is 1. The number of nitrogens with one attached hydrogen (secondary N) is 1. The zero-order valence-electron chi connectivity index (χ0n) is 9.15. The van der Waals surface area contributed by atoms with Gasteiger partial charge in [-0.2, -0.15) is 0 Å². The molecule has 90 valence electrons. The van der Waals surface area contributed by atoms with Gasteiger partial charge < -0.3 is 5.32 Å². The van der Waals surface area contributed by atoms with E-state index in [2.05, 4.69) is 14.9 Å². The fraction of sp³-hybridized carbons (Fsp3) is 0.273. The molecule has 1 unspecified atom stereocenters. The number of hydrogen-bond donors (Lipinski definition) is 1. The minimum absolute atomic E-state index is 0.102. The van der Waals surface area contributed by atoms with E-state index in [1.165, 1.54) is 11.5 Å². The second-order valence-corrected chi connectivity index (χ2v) is 5.06. The van der Waals surface area contributed by atoms with Crippen LogP contribution in [0.5, 0.6) is 0 Å². The van der Waals surface area contributed by atoms with Gasteiger partial charge in [-0.3, -0.25) is 0 Å². The van der Waals surface area contributed by atoms with Gasteiger partial charge in [0, 0.05) is 15.4 Å². The van der Waals surface area contributed by atoms with Crippen molar-refractivity contribution in [2.45, 2.75) is 12.5 Å². The van der Waals surface area contributed by atoms with Gasteiger partial charge in [0.1, 0.15) is 0 Å². The first-order valence-electron chi connectivity index (χ1n) is 5.09. The molecular formula is C11H11Cl2N3S. The standard InChI is InChI=1S/C11H11Cl2N3S/c1-14-10(11-6-17-16-15-11)5-7-4-8(12)2-3-9(7)13/h2-4,6,10,14H,5H2,1H3. The summed E-state index contributed by atoms with van der Waals surface area (Å²) >= 11 is 13.4. The maximum atomic E-state index is 6.14. The maximum Gasteiger partial charge on any atom is 0.0928 e. The summed E-state index contributed by atoms with van der Waals surface area (Å²) in [5.74, 6) is 0. The van der Waals surface area contributed by atoms with E-state index in [0.29, 0.717) is 5.02 Å². The highest BCUT2D eigenvalue weighted by Gasteiger charge is 2.14. The highest BCUT2D eigenvalue weighted by Crippen LogP contribution is 2.25. The van der Waals surface area contributed by atoms with Crippen molar-refractivity contribution in [1.29, 1.82) is 0 Å². The van der Waals surface area contributed by atoms with Crippen LogP contribution in [0.3, 0.4) is 0 Å². The lowest BCUT2D eigenvalue weighted by Crippen LogP contribution is -2.19. The highest BCUT2D eigenvalue weighted by molar-refractivity contribution is 7.03. The molecule has 0 spiro atoms. The Morgan fingerprint density at radius 2 is 2.24 bits per heavy atom. The van der Waals surface area contributed by atoms with Crippen LogP contribution in [0.4, 0.5) is 0 Å². The number of hydrogen-bond acceptors (Lipinski definition) is 4. The highest BCUT2D eigenvalue weighted by atomic mass is 35.5. The summed E-state index contributed by atoms with van der Waals surface area (Å²) in [7, 11) is 1.89. The van der Waals surface area contributed by atoms with E-state index in [-0.39, 0.29) is 6.04 Å². The maximum absolute atomic E-state index is 6.14. The zero-order valence-corrected chi connectivity index (χ0v) is 11.5. The van der Waals surface area contributed by atoms with Crippen LogP contribution in [0.15, 0.2) is 23.6 Å². The van der Waals surface area contributed by atoms with Gasteiger partial charge >= 0.3 is 0 Å². The van der Waals surface area contributed by atoms with Crippen LogP contribution in [0.1, 0.15) is 17.3 Å². The van der Waals surface area contributed by atoms with E-state index < -0.39 is 0 Å². The summed E-state index contributed by atoms with van der Waals surface area (Å²) in [6.07, 6.45) is 0.737. The fourth-order valence-corrected chi connectivity index (χ4v) is 2.50. The molecule has 0 aliphatic heterocycles. The number of benzene rings is 1. The van der Waals surface area contributed by atoms with Crippen molar-refractivity contribution >= 4 is 34.7 Å². The molecule has 0 saturated heterocycles. The summed E-state index contributed by atoms with van der Waals surface area (Å²) in [5, 5.41) is 10.6. The Balaban J connectivity index is 2.21. The van der Waals surface area contributed by atoms with Crippen molar-refractivity contribution in [1.82, 2.24) is 14.9 Å².